The molecule has 36 heavy (non-hydrogen) atoms. The predicted molar refractivity (Wildman–Crippen MR) is 131 cm³/mol. The van der Waals surface area contributed by atoms with E-state index in [0.717, 1.165) is 30.3 Å². The van der Waals surface area contributed by atoms with Gasteiger partial charge >= 0.3 is 6.18 Å². The monoisotopic (exact) mass is 502 g/mol. The van der Waals surface area contributed by atoms with Gasteiger partial charge in [-0.1, -0.05) is 31.2 Å². The molecule has 1 aliphatic heterocycles. The van der Waals surface area contributed by atoms with Gasteiger partial charge in [0.15, 0.2) is 11.6 Å². The van der Waals surface area contributed by atoms with Crippen molar-refractivity contribution >= 4 is 23.7 Å². The summed E-state index contributed by atoms with van der Waals surface area (Å²) in [6, 6.07) is 5.07. The third-order valence-corrected chi connectivity index (χ3v) is 5.62. The zero-order valence-corrected chi connectivity index (χ0v) is 19.6. The molecule has 1 aromatic heterocycles. The van der Waals surface area contributed by atoms with Gasteiger partial charge in [0.1, 0.15) is 0 Å². The van der Waals surface area contributed by atoms with E-state index in [0.29, 0.717) is 37.7 Å². The fourth-order valence-electron chi connectivity index (χ4n) is 3.74. The Hall–Kier alpha value is -3.73. The van der Waals surface area contributed by atoms with Gasteiger partial charge in [0, 0.05) is 24.5 Å². The molecule has 0 bridgehead atoms. The predicted octanol–water partition coefficient (Wildman–Crippen LogP) is 5.39. The molecule has 2 N–H and O–H groups in total. The Balaban J connectivity index is 1.43. The second-order valence-corrected chi connectivity index (χ2v) is 8.23. The number of aromatic nitrogens is 2. The number of benzene rings is 1. The second kappa shape index (κ2) is 11.3. The Bertz CT molecular complexity index is 1190. The molecule has 0 amide bonds. The summed E-state index contributed by atoms with van der Waals surface area (Å²) in [5.74, 6) is -0.132. The summed E-state index contributed by atoms with van der Waals surface area (Å²) < 4.78 is 58.6. The standard InChI is InChI=1S/C25H26F4N6O/c1-2-17-12-18(6-7-21(13-17)32-20-5-3-4-19(14-20)25(27,28)29)15-31-34-24-30-16-22(26)23(33-24)35-8-10-36-11-9-35/h3-7,12-17,32H,2,8-11H2,1H3,(H,30,33,34)/b31-15-. The zero-order chi connectivity index (χ0) is 25.5. The van der Waals surface area contributed by atoms with Gasteiger partial charge in [-0.3, -0.25) is 0 Å². The average molecular weight is 503 g/mol. The van der Waals surface area contributed by atoms with Crippen molar-refractivity contribution in [3.63, 3.8) is 0 Å². The molecular formula is C25H26F4N6O. The van der Waals surface area contributed by atoms with Gasteiger partial charge < -0.3 is 15.0 Å². The van der Waals surface area contributed by atoms with Crippen molar-refractivity contribution in [2.75, 3.05) is 41.9 Å². The van der Waals surface area contributed by atoms with E-state index in [-0.39, 0.29) is 17.7 Å². The fraction of sp³-hybridized carbons (Fsp3) is 0.320. The minimum absolute atomic E-state index is 0.0322. The first kappa shape index (κ1) is 25.4. The highest BCUT2D eigenvalue weighted by Gasteiger charge is 2.30. The molecular weight excluding hydrogens is 476 g/mol. The number of nitrogens with zero attached hydrogens (tertiary/aromatic N) is 4. The molecule has 11 heteroatoms. The van der Waals surface area contributed by atoms with Crippen LogP contribution >= 0.6 is 0 Å². The first-order valence-electron chi connectivity index (χ1n) is 11.5. The summed E-state index contributed by atoms with van der Waals surface area (Å²) in [6.45, 7) is 4.09. The number of allylic oxidation sites excluding steroid dienone is 5. The summed E-state index contributed by atoms with van der Waals surface area (Å²) in [5.41, 5.74) is 3.82. The van der Waals surface area contributed by atoms with Crippen molar-refractivity contribution in [3.8, 4) is 0 Å². The van der Waals surface area contributed by atoms with Crippen molar-refractivity contribution < 1.29 is 22.3 Å². The summed E-state index contributed by atoms with van der Waals surface area (Å²) in [5, 5.41) is 7.24. The van der Waals surface area contributed by atoms with E-state index in [9.17, 15) is 17.6 Å². The van der Waals surface area contributed by atoms with Gasteiger partial charge in [-0.25, -0.2) is 14.8 Å². The molecule has 2 aromatic rings. The minimum atomic E-state index is -4.41. The molecule has 0 saturated carbocycles. The van der Waals surface area contributed by atoms with E-state index in [4.69, 9.17) is 4.74 Å². The molecule has 1 unspecified atom stereocenters. The largest absolute Gasteiger partial charge is 0.416 e. The van der Waals surface area contributed by atoms with Crippen LogP contribution in [0.3, 0.4) is 0 Å². The molecule has 1 fully saturated rings. The quantitative estimate of drug-likeness (QED) is 0.301. The van der Waals surface area contributed by atoms with Crippen LogP contribution in [-0.4, -0.2) is 42.5 Å². The fourth-order valence-corrected chi connectivity index (χ4v) is 3.74. The molecule has 1 atom stereocenters. The number of alkyl halides is 3. The lowest BCUT2D eigenvalue weighted by Gasteiger charge is -2.27. The van der Waals surface area contributed by atoms with Gasteiger partial charge in [0.05, 0.1) is 31.2 Å². The Kier molecular flexibility index (Phi) is 7.99. The Morgan fingerprint density at radius 2 is 2.00 bits per heavy atom. The Labute approximate surface area is 206 Å². The number of anilines is 3. The van der Waals surface area contributed by atoms with Crippen molar-refractivity contribution in [2.24, 2.45) is 11.0 Å². The van der Waals surface area contributed by atoms with Crippen LogP contribution in [0.25, 0.3) is 0 Å². The van der Waals surface area contributed by atoms with Crippen molar-refractivity contribution in [1.82, 2.24) is 9.97 Å². The van der Waals surface area contributed by atoms with Crippen LogP contribution in [-0.2, 0) is 10.9 Å². The lowest BCUT2D eigenvalue weighted by atomic mass is 10.0. The number of hydrogen-bond donors (Lipinski definition) is 2. The normalized spacial score (nSPS) is 18.6. The number of hydrogen-bond acceptors (Lipinski definition) is 7. The van der Waals surface area contributed by atoms with Crippen LogP contribution in [0.4, 0.5) is 35.0 Å². The number of morpholine rings is 1. The van der Waals surface area contributed by atoms with Crippen LogP contribution in [0, 0.1) is 11.7 Å². The summed E-state index contributed by atoms with van der Waals surface area (Å²) in [6.07, 6.45) is 6.58. The summed E-state index contributed by atoms with van der Waals surface area (Å²) in [7, 11) is 0. The second-order valence-electron chi connectivity index (χ2n) is 8.23. The van der Waals surface area contributed by atoms with E-state index in [1.165, 1.54) is 6.07 Å². The molecule has 2 aliphatic rings. The molecule has 0 radical (unpaired) electrons. The number of nitrogens with one attached hydrogen (secondary N) is 2. The van der Waals surface area contributed by atoms with Crippen molar-refractivity contribution in [2.45, 2.75) is 19.5 Å². The maximum atomic E-state index is 14.2. The average Bonchev–Trinajstić information content (AvgIpc) is 3.07. The van der Waals surface area contributed by atoms with Crippen molar-refractivity contribution in [3.05, 3.63) is 77.4 Å². The van der Waals surface area contributed by atoms with Crippen LogP contribution < -0.4 is 15.6 Å². The van der Waals surface area contributed by atoms with Gasteiger partial charge in [-0.15, -0.1) is 0 Å². The molecule has 2 heterocycles. The van der Waals surface area contributed by atoms with E-state index in [2.05, 4.69) is 25.8 Å². The maximum absolute atomic E-state index is 14.2. The first-order valence-corrected chi connectivity index (χ1v) is 11.5. The number of hydrazone groups is 1. The Morgan fingerprint density at radius 3 is 2.75 bits per heavy atom. The highest BCUT2D eigenvalue weighted by molar-refractivity contribution is 5.83. The SMILES string of the molecule is CCC1C=C(/C=N\Nc2ncc(F)c(N3CCOCC3)n2)C=CC(Nc2cccc(C(F)(F)F)c2)=C1. The van der Waals surface area contributed by atoms with Gasteiger partial charge in [0.25, 0.3) is 0 Å². The van der Waals surface area contributed by atoms with E-state index >= 15 is 0 Å². The topological polar surface area (TPSA) is 74.7 Å². The van der Waals surface area contributed by atoms with Gasteiger partial charge in [0.2, 0.25) is 5.95 Å². The molecule has 1 aliphatic carbocycles. The number of ether oxygens (including phenoxy) is 1. The van der Waals surface area contributed by atoms with Crippen molar-refractivity contribution in [1.29, 1.82) is 0 Å². The van der Waals surface area contributed by atoms with Crippen LogP contribution in [0.2, 0.25) is 0 Å². The molecule has 190 valence electrons. The third kappa shape index (κ3) is 6.69. The smallest absolute Gasteiger partial charge is 0.378 e. The Morgan fingerprint density at radius 1 is 1.19 bits per heavy atom. The molecule has 0 spiro atoms. The maximum Gasteiger partial charge on any atom is 0.416 e. The lowest BCUT2D eigenvalue weighted by molar-refractivity contribution is -0.137. The molecule has 1 aromatic carbocycles. The van der Waals surface area contributed by atoms with Crippen LogP contribution in [0.15, 0.2) is 71.1 Å². The first-order chi connectivity index (χ1) is 17.3. The highest BCUT2D eigenvalue weighted by Crippen LogP contribution is 2.31. The minimum Gasteiger partial charge on any atom is -0.378 e. The van der Waals surface area contributed by atoms with Gasteiger partial charge in [-0.05, 0) is 42.2 Å². The molecule has 1 saturated heterocycles. The van der Waals surface area contributed by atoms with E-state index < -0.39 is 17.6 Å². The number of halogens is 4. The zero-order valence-electron chi connectivity index (χ0n) is 19.6. The lowest BCUT2D eigenvalue weighted by Crippen LogP contribution is -2.37. The molecule has 4 rings (SSSR count). The molecule has 7 nitrogen and oxygen atoms in total. The van der Waals surface area contributed by atoms with E-state index in [1.807, 2.05) is 19.1 Å². The van der Waals surface area contributed by atoms with Crippen LogP contribution in [0.5, 0.6) is 0 Å². The highest BCUT2D eigenvalue weighted by atomic mass is 19.4. The summed E-state index contributed by atoms with van der Waals surface area (Å²) in [4.78, 5) is 9.97. The third-order valence-electron chi connectivity index (χ3n) is 5.62. The van der Waals surface area contributed by atoms with Crippen LogP contribution in [0.1, 0.15) is 18.9 Å². The number of rotatable bonds is 7. The van der Waals surface area contributed by atoms with Gasteiger partial charge in [-0.2, -0.15) is 23.3 Å². The summed E-state index contributed by atoms with van der Waals surface area (Å²) >= 11 is 0. The van der Waals surface area contributed by atoms with E-state index in [1.54, 1.807) is 29.3 Å².